The van der Waals surface area contributed by atoms with Crippen molar-refractivity contribution in [3.8, 4) is 0 Å². The molecule has 0 spiro atoms. The first-order chi connectivity index (χ1) is 8.40. The van der Waals surface area contributed by atoms with E-state index in [9.17, 15) is 24.6 Å². The summed E-state index contributed by atoms with van der Waals surface area (Å²) in [5, 5.41) is 20.9. The summed E-state index contributed by atoms with van der Waals surface area (Å²) in [5.41, 5.74) is 0. The maximum atomic E-state index is 11.1. The predicted octanol–water partition coefficient (Wildman–Crippen LogP) is -1.14. The molecular weight excluding hydrogens is 240 g/mol. The van der Waals surface area contributed by atoms with E-state index in [-0.39, 0.29) is 18.3 Å². The van der Waals surface area contributed by atoms with Gasteiger partial charge in [0, 0.05) is 5.92 Å². The zero-order valence-corrected chi connectivity index (χ0v) is 10.6. The highest BCUT2D eigenvalue weighted by atomic mass is 16.5. The third-order valence-electron chi connectivity index (χ3n) is 2.80. The van der Waals surface area contributed by atoms with E-state index in [4.69, 9.17) is 0 Å². The molecule has 6 heteroatoms. The topological polar surface area (TPSA) is 107 Å². The molecule has 0 aliphatic carbocycles. The van der Waals surface area contributed by atoms with Crippen LogP contribution in [0, 0.1) is 11.8 Å². The first-order valence-corrected chi connectivity index (χ1v) is 5.89. The second kappa shape index (κ2) is 8.49. The Hall–Kier alpha value is -1.59. The lowest BCUT2D eigenvalue weighted by molar-refractivity contribution is -0.332. The number of carbonyl (C=O) groups is 3. The molecule has 18 heavy (non-hydrogen) atoms. The summed E-state index contributed by atoms with van der Waals surface area (Å²) < 4.78 is 4.56. The highest BCUT2D eigenvalue weighted by Gasteiger charge is 2.13. The van der Waals surface area contributed by atoms with Crippen molar-refractivity contribution in [3.05, 3.63) is 0 Å². The van der Waals surface area contributed by atoms with Crippen LogP contribution in [0.2, 0.25) is 0 Å². The van der Waals surface area contributed by atoms with Crippen molar-refractivity contribution < 1.29 is 29.3 Å². The minimum Gasteiger partial charge on any atom is -0.549 e. The lowest BCUT2D eigenvalue weighted by atomic mass is 9.98. The van der Waals surface area contributed by atoms with E-state index in [1.807, 2.05) is 0 Å². The van der Waals surface area contributed by atoms with Gasteiger partial charge in [0.25, 0.3) is 0 Å². The molecule has 0 aromatic rings. The van der Waals surface area contributed by atoms with Gasteiger partial charge < -0.3 is 24.5 Å². The second-order valence-corrected chi connectivity index (χ2v) is 4.25. The molecule has 0 saturated heterocycles. The average molecular weight is 258 g/mol. The van der Waals surface area contributed by atoms with Crippen LogP contribution in [0.3, 0.4) is 0 Å². The maximum Gasteiger partial charge on any atom is 0.308 e. The molecule has 0 amide bonds. The van der Waals surface area contributed by atoms with Gasteiger partial charge in [-0.1, -0.05) is 26.2 Å². The summed E-state index contributed by atoms with van der Waals surface area (Å²) in [7, 11) is 1.32. The summed E-state index contributed by atoms with van der Waals surface area (Å²) in [6.45, 7) is 1.75. The van der Waals surface area contributed by atoms with Gasteiger partial charge in [0.2, 0.25) is 0 Å². The van der Waals surface area contributed by atoms with E-state index >= 15 is 0 Å². The summed E-state index contributed by atoms with van der Waals surface area (Å²) in [6.07, 6.45) is 2.44. The maximum absolute atomic E-state index is 11.1. The van der Waals surface area contributed by atoms with Gasteiger partial charge >= 0.3 is 5.97 Å². The number of ether oxygens (including phenoxy) is 1. The zero-order valence-electron chi connectivity index (χ0n) is 10.6. The Labute approximate surface area is 106 Å². The average Bonchev–Trinajstić information content (AvgIpc) is 2.31. The van der Waals surface area contributed by atoms with E-state index in [0.29, 0.717) is 25.7 Å². The molecule has 0 heterocycles. The van der Waals surface area contributed by atoms with Gasteiger partial charge in [0.05, 0.1) is 25.0 Å². The summed E-state index contributed by atoms with van der Waals surface area (Å²) >= 11 is 0. The molecule has 0 bridgehead atoms. The Bertz CT molecular complexity index is 285. The number of esters is 1. The van der Waals surface area contributed by atoms with E-state index in [0.717, 1.165) is 0 Å². The number of rotatable bonds is 9. The number of methoxy groups -OCH3 is 1. The van der Waals surface area contributed by atoms with Crippen molar-refractivity contribution in [2.75, 3.05) is 7.11 Å². The lowest BCUT2D eigenvalue weighted by Crippen LogP contribution is -2.43. The Morgan fingerprint density at radius 2 is 1.50 bits per heavy atom. The molecule has 0 aliphatic rings. The number of carboxylic acid groups (broad SMARTS) is 2. The molecule has 0 saturated carbocycles. The van der Waals surface area contributed by atoms with Gasteiger partial charge in [-0.15, -0.1) is 0 Å². The molecule has 1 unspecified atom stereocenters. The number of aliphatic carboxylic acids is 2. The molecule has 0 aromatic carbocycles. The Balaban J connectivity index is 3.76. The number of unbranched alkanes of at least 4 members (excludes halogenated alkanes) is 2. The molecule has 0 aliphatic heterocycles. The molecule has 104 valence electrons. The summed E-state index contributed by atoms with van der Waals surface area (Å²) in [4.78, 5) is 32.0. The van der Waals surface area contributed by atoms with Crippen LogP contribution in [-0.4, -0.2) is 25.0 Å². The smallest absolute Gasteiger partial charge is 0.308 e. The summed E-state index contributed by atoms with van der Waals surface area (Å²) in [5.74, 6) is -5.26. The number of carboxylic acids is 2. The highest BCUT2D eigenvalue weighted by molar-refractivity contribution is 5.90. The van der Waals surface area contributed by atoms with Crippen LogP contribution in [0.15, 0.2) is 0 Å². The Morgan fingerprint density at radius 3 is 1.94 bits per heavy atom. The van der Waals surface area contributed by atoms with Crippen molar-refractivity contribution in [2.24, 2.45) is 11.8 Å². The van der Waals surface area contributed by atoms with Crippen molar-refractivity contribution in [1.82, 2.24) is 0 Å². The molecule has 0 N–H and O–H groups in total. The van der Waals surface area contributed by atoms with E-state index in [1.165, 1.54) is 7.11 Å². The van der Waals surface area contributed by atoms with Gasteiger partial charge in [-0.25, -0.2) is 0 Å². The minimum atomic E-state index is -1.61. The van der Waals surface area contributed by atoms with Gasteiger partial charge in [0.15, 0.2) is 0 Å². The van der Waals surface area contributed by atoms with Crippen LogP contribution >= 0.6 is 0 Å². The van der Waals surface area contributed by atoms with E-state index in [1.54, 1.807) is 6.92 Å². The monoisotopic (exact) mass is 258 g/mol. The molecular formula is C12H18O6-2. The first-order valence-electron chi connectivity index (χ1n) is 5.89. The zero-order chi connectivity index (χ0) is 14.1. The van der Waals surface area contributed by atoms with Crippen LogP contribution in [0.5, 0.6) is 0 Å². The van der Waals surface area contributed by atoms with Gasteiger partial charge in [-0.2, -0.15) is 0 Å². The van der Waals surface area contributed by atoms with Crippen molar-refractivity contribution >= 4 is 17.9 Å². The lowest BCUT2D eigenvalue weighted by Gasteiger charge is -2.18. The molecule has 0 rings (SSSR count). The van der Waals surface area contributed by atoms with Crippen LogP contribution in [0.4, 0.5) is 0 Å². The fourth-order valence-corrected chi connectivity index (χ4v) is 1.63. The normalized spacial score (nSPS) is 12.2. The fourth-order valence-electron chi connectivity index (χ4n) is 1.63. The number of hydrogen-bond acceptors (Lipinski definition) is 6. The van der Waals surface area contributed by atoms with E-state index in [2.05, 4.69) is 4.74 Å². The minimum absolute atomic E-state index is 0.00271. The van der Waals surface area contributed by atoms with Crippen molar-refractivity contribution in [3.63, 3.8) is 0 Å². The van der Waals surface area contributed by atoms with Crippen LogP contribution < -0.4 is 10.2 Å². The fraction of sp³-hybridized carbons (Fsp3) is 0.750. The predicted molar refractivity (Wildman–Crippen MR) is 57.8 cm³/mol. The van der Waals surface area contributed by atoms with Crippen molar-refractivity contribution in [2.45, 2.75) is 39.0 Å². The Morgan fingerprint density at radius 1 is 1.00 bits per heavy atom. The third kappa shape index (κ3) is 6.22. The standard InChI is InChI=1S/C12H20O6/c1-8(12(17)18-2)6-4-3-5-7-9(10(13)14)11(15)16/h8-9H,3-7H2,1-2H3,(H,13,14)(H,15,16)/p-2. The van der Waals surface area contributed by atoms with Crippen LogP contribution in [-0.2, 0) is 19.1 Å². The van der Waals surface area contributed by atoms with Gasteiger partial charge in [0.1, 0.15) is 0 Å². The molecule has 0 aromatic heterocycles. The number of hydrogen-bond donors (Lipinski definition) is 0. The van der Waals surface area contributed by atoms with Gasteiger partial charge in [-0.3, -0.25) is 4.79 Å². The van der Waals surface area contributed by atoms with E-state index < -0.39 is 17.9 Å². The van der Waals surface area contributed by atoms with Gasteiger partial charge in [-0.05, 0) is 12.8 Å². The molecule has 6 nitrogen and oxygen atoms in total. The summed E-state index contributed by atoms with van der Waals surface area (Å²) in [6, 6.07) is 0. The number of carbonyl (C=O) groups excluding carboxylic acids is 3. The molecule has 0 fully saturated rings. The van der Waals surface area contributed by atoms with Crippen molar-refractivity contribution in [1.29, 1.82) is 0 Å². The quantitative estimate of drug-likeness (QED) is 0.294. The first kappa shape index (κ1) is 16.4. The highest BCUT2D eigenvalue weighted by Crippen LogP contribution is 2.14. The molecule has 1 atom stereocenters. The largest absolute Gasteiger partial charge is 0.549 e. The second-order valence-electron chi connectivity index (χ2n) is 4.25. The van der Waals surface area contributed by atoms with Crippen LogP contribution in [0.1, 0.15) is 39.0 Å². The Kier molecular flexibility index (Phi) is 7.74. The third-order valence-corrected chi connectivity index (χ3v) is 2.80. The van der Waals surface area contributed by atoms with Crippen LogP contribution in [0.25, 0.3) is 0 Å². The molecule has 0 radical (unpaired) electrons. The SMILES string of the molecule is COC(=O)C(C)CCCCCC(C(=O)[O-])C(=O)[O-].